The molecule has 0 aliphatic heterocycles. The van der Waals surface area contributed by atoms with Crippen molar-refractivity contribution >= 4 is 0 Å². The summed E-state index contributed by atoms with van der Waals surface area (Å²) in [4.78, 5) is 0. The number of rotatable bonds is 5. The van der Waals surface area contributed by atoms with Crippen molar-refractivity contribution in [2.45, 2.75) is 46.6 Å². The van der Waals surface area contributed by atoms with E-state index in [2.05, 4.69) is 39.1 Å². The molecule has 0 aliphatic carbocycles. The monoisotopic (exact) mass is 155 g/mol. The first-order chi connectivity index (χ1) is 5.22. The summed E-state index contributed by atoms with van der Waals surface area (Å²) in [5.74, 6) is 0. The maximum Gasteiger partial charge on any atom is 0.0248 e. The SMILES string of the molecule is CC/C=C(\C)C(C)NCCC. The van der Waals surface area contributed by atoms with Crippen LogP contribution in [0.2, 0.25) is 0 Å². The molecular weight excluding hydrogens is 134 g/mol. The Morgan fingerprint density at radius 3 is 2.55 bits per heavy atom. The first kappa shape index (κ1) is 10.7. The van der Waals surface area contributed by atoms with Crippen molar-refractivity contribution in [1.82, 2.24) is 5.32 Å². The molecule has 66 valence electrons. The highest BCUT2D eigenvalue weighted by Crippen LogP contribution is 2.01. The Bertz CT molecular complexity index is 116. The Hall–Kier alpha value is -0.300. The van der Waals surface area contributed by atoms with Gasteiger partial charge < -0.3 is 5.32 Å². The highest BCUT2D eigenvalue weighted by molar-refractivity contribution is 5.05. The molecule has 0 aliphatic rings. The van der Waals surface area contributed by atoms with E-state index in [-0.39, 0.29) is 0 Å². The lowest BCUT2D eigenvalue weighted by Gasteiger charge is -2.13. The average molecular weight is 155 g/mol. The van der Waals surface area contributed by atoms with E-state index < -0.39 is 0 Å². The highest BCUT2D eigenvalue weighted by Gasteiger charge is 1.99. The van der Waals surface area contributed by atoms with Gasteiger partial charge in [0.1, 0.15) is 0 Å². The third kappa shape index (κ3) is 5.02. The van der Waals surface area contributed by atoms with Crippen molar-refractivity contribution in [1.29, 1.82) is 0 Å². The van der Waals surface area contributed by atoms with Gasteiger partial charge in [-0.2, -0.15) is 0 Å². The van der Waals surface area contributed by atoms with Crippen LogP contribution >= 0.6 is 0 Å². The van der Waals surface area contributed by atoms with Crippen LogP contribution in [0.25, 0.3) is 0 Å². The lowest BCUT2D eigenvalue weighted by Crippen LogP contribution is -2.27. The zero-order chi connectivity index (χ0) is 8.69. The molecule has 11 heavy (non-hydrogen) atoms. The molecule has 0 bridgehead atoms. The molecule has 1 heteroatoms. The fourth-order valence-corrected chi connectivity index (χ4v) is 1.02. The van der Waals surface area contributed by atoms with Crippen LogP contribution in [0.15, 0.2) is 11.6 Å². The van der Waals surface area contributed by atoms with Gasteiger partial charge in [-0.15, -0.1) is 0 Å². The smallest absolute Gasteiger partial charge is 0.0248 e. The quantitative estimate of drug-likeness (QED) is 0.602. The number of nitrogens with one attached hydrogen (secondary N) is 1. The van der Waals surface area contributed by atoms with Gasteiger partial charge in [-0.1, -0.05) is 25.5 Å². The van der Waals surface area contributed by atoms with E-state index in [9.17, 15) is 0 Å². The molecule has 0 aromatic rings. The topological polar surface area (TPSA) is 12.0 Å². The lowest BCUT2D eigenvalue weighted by molar-refractivity contribution is 0.600. The largest absolute Gasteiger partial charge is 0.311 e. The summed E-state index contributed by atoms with van der Waals surface area (Å²) in [5, 5.41) is 3.45. The zero-order valence-corrected chi connectivity index (χ0v) is 8.28. The lowest BCUT2D eigenvalue weighted by atomic mass is 10.1. The zero-order valence-electron chi connectivity index (χ0n) is 8.28. The van der Waals surface area contributed by atoms with Crippen molar-refractivity contribution in [2.24, 2.45) is 0 Å². The van der Waals surface area contributed by atoms with Gasteiger partial charge >= 0.3 is 0 Å². The number of allylic oxidation sites excluding steroid dienone is 1. The first-order valence-corrected chi connectivity index (χ1v) is 4.62. The second-order valence-corrected chi connectivity index (χ2v) is 3.03. The van der Waals surface area contributed by atoms with Gasteiger partial charge in [-0.3, -0.25) is 0 Å². The van der Waals surface area contributed by atoms with E-state index in [1.54, 1.807) is 0 Å². The fraction of sp³-hybridized carbons (Fsp3) is 0.800. The molecule has 1 nitrogen and oxygen atoms in total. The maximum absolute atomic E-state index is 3.45. The molecule has 0 saturated heterocycles. The molecule has 1 unspecified atom stereocenters. The molecular formula is C10H21N. The minimum absolute atomic E-state index is 0.551. The van der Waals surface area contributed by atoms with Crippen LogP contribution in [0.4, 0.5) is 0 Å². The van der Waals surface area contributed by atoms with Crippen LogP contribution in [0.5, 0.6) is 0 Å². The molecule has 0 amide bonds. The molecule has 0 aromatic heterocycles. The Balaban J connectivity index is 3.63. The molecule has 0 aromatic carbocycles. The van der Waals surface area contributed by atoms with Gasteiger partial charge in [0.05, 0.1) is 0 Å². The maximum atomic E-state index is 3.45. The Morgan fingerprint density at radius 2 is 2.09 bits per heavy atom. The summed E-state index contributed by atoms with van der Waals surface area (Å²) in [7, 11) is 0. The van der Waals surface area contributed by atoms with Crippen LogP contribution in [0.1, 0.15) is 40.5 Å². The summed E-state index contributed by atoms with van der Waals surface area (Å²) in [6.07, 6.45) is 4.64. The molecule has 0 spiro atoms. The minimum Gasteiger partial charge on any atom is -0.311 e. The Labute approximate surface area is 70.9 Å². The third-order valence-corrected chi connectivity index (χ3v) is 1.91. The van der Waals surface area contributed by atoms with Gasteiger partial charge in [0.25, 0.3) is 0 Å². The summed E-state index contributed by atoms with van der Waals surface area (Å²) in [6, 6.07) is 0.551. The van der Waals surface area contributed by atoms with E-state index in [4.69, 9.17) is 0 Å². The molecule has 0 fully saturated rings. The summed E-state index contributed by atoms with van der Waals surface area (Å²) in [5.41, 5.74) is 1.46. The van der Waals surface area contributed by atoms with Gasteiger partial charge in [0.2, 0.25) is 0 Å². The van der Waals surface area contributed by atoms with Crippen LogP contribution in [0.3, 0.4) is 0 Å². The van der Waals surface area contributed by atoms with Crippen molar-refractivity contribution in [3.8, 4) is 0 Å². The van der Waals surface area contributed by atoms with Crippen LogP contribution in [-0.4, -0.2) is 12.6 Å². The molecule has 0 rings (SSSR count). The van der Waals surface area contributed by atoms with E-state index in [1.165, 1.54) is 12.0 Å². The van der Waals surface area contributed by atoms with Crippen molar-refractivity contribution in [3.63, 3.8) is 0 Å². The Morgan fingerprint density at radius 1 is 1.45 bits per heavy atom. The molecule has 0 saturated carbocycles. The first-order valence-electron chi connectivity index (χ1n) is 4.62. The van der Waals surface area contributed by atoms with E-state index >= 15 is 0 Å². The average Bonchev–Trinajstić information content (AvgIpc) is 2.00. The molecule has 0 radical (unpaired) electrons. The predicted molar refractivity (Wildman–Crippen MR) is 51.8 cm³/mol. The Kier molecular flexibility index (Phi) is 6.24. The standard InChI is InChI=1S/C10H21N/c1-5-7-9(3)10(4)11-8-6-2/h7,10-11H,5-6,8H2,1-4H3/b9-7+. The highest BCUT2D eigenvalue weighted by atomic mass is 14.9. The van der Waals surface area contributed by atoms with Crippen LogP contribution in [0, 0.1) is 0 Å². The molecule has 0 heterocycles. The van der Waals surface area contributed by atoms with Gasteiger partial charge in [-0.05, 0) is 33.2 Å². The summed E-state index contributed by atoms with van der Waals surface area (Å²) < 4.78 is 0. The number of hydrogen-bond donors (Lipinski definition) is 1. The van der Waals surface area contributed by atoms with E-state index in [0.717, 1.165) is 13.0 Å². The third-order valence-electron chi connectivity index (χ3n) is 1.91. The van der Waals surface area contributed by atoms with Gasteiger partial charge in [0, 0.05) is 6.04 Å². The minimum atomic E-state index is 0.551. The van der Waals surface area contributed by atoms with Crippen molar-refractivity contribution < 1.29 is 0 Å². The van der Waals surface area contributed by atoms with Gasteiger partial charge in [-0.25, -0.2) is 0 Å². The van der Waals surface area contributed by atoms with E-state index in [1.807, 2.05) is 0 Å². The van der Waals surface area contributed by atoms with Gasteiger partial charge in [0.15, 0.2) is 0 Å². The normalized spacial score (nSPS) is 15.1. The summed E-state index contributed by atoms with van der Waals surface area (Å²) in [6.45, 7) is 9.90. The molecule has 1 N–H and O–H groups in total. The second kappa shape index (κ2) is 6.41. The fourth-order valence-electron chi connectivity index (χ4n) is 1.02. The predicted octanol–water partition coefficient (Wildman–Crippen LogP) is 2.73. The van der Waals surface area contributed by atoms with E-state index in [0.29, 0.717) is 6.04 Å². The van der Waals surface area contributed by atoms with Crippen LogP contribution < -0.4 is 5.32 Å². The summed E-state index contributed by atoms with van der Waals surface area (Å²) >= 11 is 0. The molecule has 1 atom stereocenters. The van der Waals surface area contributed by atoms with Crippen LogP contribution in [-0.2, 0) is 0 Å². The van der Waals surface area contributed by atoms with Crippen molar-refractivity contribution in [2.75, 3.05) is 6.54 Å². The second-order valence-electron chi connectivity index (χ2n) is 3.03. The number of hydrogen-bond acceptors (Lipinski definition) is 1. The van der Waals surface area contributed by atoms with Crippen molar-refractivity contribution in [3.05, 3.63) is 11.6 Å².